The zero-order valence-corrected chi connectivity index (χ0v) is 10.2. The largest absolute Gasteiger partial charge is 0.321 e. The van der Waals surface area contributed by atoms with Crippen molar-refractivity contribution in [1.29, 1.82) is 0 Å². The van der Waals surface area contributed by atoms with Gasteiger partial charge in [0.1, 0.15) is 26.2 Å². The van der Waals surface area contributed by atoms with Crippen LogP contribution in [0.2, 0.25) is 0 Å². The summed E-state index contributed by atoms with van der Waals surface area (Å²) in [6.07, 6.45) is 4.86. The highest BCUT2D eigenvalue weighted by molar-refractivity contribution is 4.61. The minimum Gasteiger partial charge on any atom is -0.270 e. The lowest BCUT2D eigenvalue weighted by molar-refractivity contribution is -1.28. The van der Waals surface area contributed by atoms with Gasteiger partial charge in [-0.1, -0.05) is 0 Å². The fraction of sp³-hybridized carbons (Fsp3) is 1.00. The highest BCUT2D eigenvalue weighted by Crippen LogP contribution is 1.89. The molecule has 90 valence electrons. The predicted molar refractivity (Wildman–Crippen MR) is 59.6 cm³/mol. The SMILES string of the molecule is C1C[NH+]2CC[NH+]3CCC[NH+]4CC[NH+](C1)C2C34. The molecular weight excluding hydrogens is 200 g/mol. The van der Waals surface area contributed by atoms with Crippen molar-refractivity contribution in [3.05, 3.63) is 0 Å². The van der Waals surface area contributed by atoms with E-state index in [0.29, 0.717) is 0 Å². The Hall–Kier alpha value is -0.160. The lowest BCUT2D eigenvalue weighted by Gasteiger charge is -2.51. The Morgan fingerprint density at radius 2 is 0.750 bits per heavy atom. The zero-order valence-electron chi connectivity index (χ0n) is 10.2. The lowest BCUT2D eigenvalue weighted by Crippen LogP contribution is -3.57. The molecule has 4 heterocycles. The van der Waals surface area contributed by atoms with E-state index >= 15 is 0 Å². The molecular formula is C12H26N4+4. The van der Waals surface area contributed by atoms with E-state index in [1.807, 2.05) is 19.6 Å². The van der Waals surface area contributed by atoms with Gasteiger partial charge in [-0.05, 0) is 0 Å². The van der Waals surface area contributed by atoms with Crippen LogP contribution in [0.1, 0.15) is 12.8 Å². The van der Waals surface area contributed by atoms with Gasteiger partial charge < -0.3 is 0 Å². The second-order valence-corrected chi connectivity index (χ2v) is 6.30. The van der Waals surface area contributed by atoms with Gasteiger partial charge in [0.05, 0.1) is 26.2 Å². The molecule has 0 radical (unpaired) electrons. The summed E-state index contributed by atoms with van der Waals surface area (Å²) < 4.78 is 0. The Labute approximate surface area is 97.8 Å². The van der Waals surface area contributed by atoms with E-state index in [2.05, 4.69) is 0 Å². The first-order chi connectivity index (χ1) is 7.93. The topological polar surface area (TPSA) is 17.8 Å². The molecule has 4 atom stereocenters. The van der Waals surface area contributed by atoms with Gasteiger partial charge in [0.25, 0.3) is 0 Å². The molecule has 16 heavy (non-hydrogen) atoms. The van der Waals surface area contributed by atoms with Crippen LogP contribution in [0.5, 0.6) is 0 Å². The quantitative estimate of drug-likeness (QED) is 0.315. The second kappa shape index (κ2) is 3.67. The van der Waals surface area contributed by atoms with Crippen LogP contribution in [0.25, 0.3) is 0 Å². The first-order valence-corrected chi connectivity index (χ1v) is 7.32. The third-order valence-corrected chi connectivity index (χ3v) is 5.62. The monoisotopic (exact) mass is 226 g/mol. The molecule has 0 amide bonds. The first kappa shape index (κ1) is 9.83. The maximum Gasteiger partial charge on any atom is 0.321 e. The number of hydrogen-bond acceptors (Lipinski definition) is 0. The molecule has 4 fully saturated rings. The molecule has 4 aliphatic heterocycles. The van der Waals surface area contributed by atoms with Crippen molar-refractivity contribution >= 4 is 0 Å². The van der Waals surface area contributed by atoms with E-state index in [9.17, 15) is 0 Å². The molecule has 0 aromatic heterocycles. The molecule has 0 aliphatic carbocycles. The fourth-order valence-corrected chi connectivity index (χ4v) is 4.99. The Balaban J connectivity index is 1.67. The van der Waals surface area contributed by atoms with Crippen LogP contribution in [0.15, 0.2) is 0 Å². The fourth-order valence-electron chi connectivity index (χ4n) is 4.99. The van der Waals surface area contributed by atoms with Crippen molar-refractivity contribution < 1.29 is 19.6 Å². The Bertz CT molecular complexity index is 230. The molecule has 0 bridgehead atoms. The summed E-state index contributed by atoms with van der Waals surface area (Å²) in [7, 11) is 0. The highest BCUT2D eigenvalue weighted by Gasteiger charge is 2.60. The normalized spacial score (nSPS) is 55.5. The van der Waals surface area contributed by atoms with Crippen LogP contribution >= 0.6 is 0 Å². The number of quaternary nitrogens is 4. The van der Waals surface area contributed by atoms with Crippen LogP contribution < -0.4 is 19.6 Å². The summed E-state index contributed by atoms with van der Waals surface area (Å²) in [5.41, 5.74) is 0. The van der Waals surface area contributed by atoms with E-state index in [-0.39, 0.29) is 0 Å². The van der Waals surface area contributed by atoms with Gasteiger partial charge >= 0.3 is 12.3 Å². The Morgan fingerprint density at radius 3 is 1.06 bits per heavy atom. The third kappa shape index (κ3) is 1.30. The van der Waals surface area contributed by atoms with Crippen molar-refractivity contribution in [3.8, 4) is 0 Å². The lowest BCUT2D eigenvalue weighted by atomic mass is 10.0. The van der Waals surface area contributed by atoms with Crippen LogP contribution in [-0.2, 0) is 0 Å². The standard InChI is InChI=1S/C12H22N4/c1-3-13-7-9-15-5-2-6-16-10-8-14(4-1)11(13)12(15)16/h11-12H,1-10H2/p+4. The summed E-state index contributed by atoms with van der Waals surface area (Å²) in [4.78, 5) is 7.81. The molecule has 0 aromatic carbocycles. The first-order valence-electron chi connectivity index (χ1n) is 7.32. The van der Waals surface area contributed by atoms with Crippen molar-refractivity contribution in [3.63, 3.8) is 0 Å². The maximum absolute atomic E-state index is 1.95. The summed E-state index contributed by atoms with van der Waals surface area (Å²) in [5, 5.41) is 0. The van der Waals surface area contributed by atoms with Crippen LogP contribution in [0.3, 0.4) is 0 Å². The number of hydrogen-bond donors (Lipinski definition) is 4. The number of nitrogens with one attached hydrogen (secondary N) is 4. The van der Waals surface area contributed by atoms with Gasteiger partial charge in [0.2, 0.25) is 0 Å². The average Bonchev–Trinajstić information content (AvgIpc) is 2.36. The summed E-state index contributed by atoms with van der Waals surface area (Å²) in [5.74, 6) is 0. The molecule has 4 N–H and O–H groups in total. The second-order valence-electron chi connectivity index (χ2n) is 6.30. The predicted octanol–water partition coefficient (Wildman–Crippen LogP) is -5.99. The molecule has 0 spiro atoms. The van der Waals surface area contributed by atoms with E-state index < -0.39 is 0 Å². The zero-order chi connectivity index (χ0) is 10.5. The number of rotatable bonds is 0. The molecule has 4 aliphatic rings. The summed E-state index contributed by atoms with van der Waals surface area (Å²) in [6.45, 7) is 11.7. The molecule has 4 saturated heterocycles. The summed E-state index contributed by atoms with van der Waals surface area (Å²) in [6, 6.07) is 0. The van der Waals surface area contributed by atoms with E-state index in [1.54, 1.807) is 0 Å². The van der Waals surface area contributed by atoms with Crippen LogP contribution in [0.4, 0.5) is 0 Å². The summed E-state index contributed by atoms with van der Waals surface area (Å²) >= 11 is 0. The van der Waals surface area contributed by atoms with Crippen LogP contribution in [-0.4, -0.2) is 64.7 Å². The molecule has 0 saturated carbocycles. The molecule has 4 nitrogen and oxygen atoms in total. The van der Waals surface area contributed by atoms with Gasteiger partial charge in [0, 0.05) is 12.8 Å². The minimum atomic E-state index is 0.960. The average molecular weight is 226 g/mol. The third-order valence-electron chi connectivity index (χ3n) is 5.62. The molecule has 4 heteroatoms. The van der Waals surface area contributed by atoms with Gasteiger partial charge in [-0.15, -0.1) is 0 Å². The number of piperazine rings is 2. The van der Waals surface area contributed by atoms with E-state index in [1.165, 1.54) is 65.2 Å². The van der Waals surface area contributed by atoms with Gasteiger partial charge in [-0.3, -0.25) is 19.6 Å². The minimum absolute atomic E-state index is 0.960. The molecule has 4 unspecified atom stereocenters. The van der Waals surface area contributed by atoms with E-state index in [0.717, 1.165) is 12.3 Å². The van der Waals surface area contributed by atoms with Crippen molar-refractivity contribution in [1.82, 2.24) is 0 Å². The van der Waals surface area contributed by atoms with Crippen molar-refractivity contribution in [2.24, 2.45) is 0 Å². The van der Waals surface area contributed by atoms with Gasteiger partial charge in [0.15, 0.2) is 0 Å². The smallest absolute Gasteiger partial charge is 0.270 e. The van der Waals surface area contributed by atoms with Crippen molar-refractivity contribution in [2.45, 2.75) is 25.2 Å². The highest BCUT2D eigenvalue weighted by atomic mass is 15.5. The maximum atomic E-state index is 1.95. The Morgan fingerprint density at radius 1 is 0.438 bits per heavy atom. The molecule has 0 aromatic rings. The molecule has 4 rings (SSSR count). The van der Waals surface area contributed by atoms with Crippen molar-refractivity contribution in [2.75, 3.05) is 52.4 Å². The van der Waals surface area contributed by atoms with E-state index in [4.69, 9.17) is 0 Å². The Kier molecular flexibility index (Phi) is 2.25. The van der Waals surface area contributed by atoms with Gasteiger partial charge in [-0.25, -0.2) is 0 Å². The van der Waals surface area contributed by atoms with Gasteiger partial charge in [-0.2, -0.15) is 0 Å². The van der Waals surface area contributed by atoms with Crippen LogP contribution in [0, 0.1) is 0 Å².